The van der Waals surface area contributed by atoms with Gasteiger partial charge in [0.25, 0.3) is 0 Å². The maximum absolute atomic E-state index is 12.7. The zero-order valence-corrected chi connectivity index (χ0v) is 11.2. The molecule has 0 spiro atoms. The molecule has 1 aromatic heterocycles. The summed E-state index contributed by atoms with van der Waals surface area (Å²) >= 11 is 0.993. The number of ether oxygens (including phenoxy) is 1. The Labute approximate surface area is 108 Å². The van der Waals surface area contributed by atoms with Crippen molar-refractivity contribution in [2.24, 2.45) is 5.73 Å². The molecule has 0 aliphatic rings. The highest BCUT2D eigenvalue weighted by Crippen LogP contribution is 2.37. The molecule has 0 saturated carbocycles. The largest absolute Gasteiger partial charge is 0.434 e. The maximum atomic E-state index is 12.7. The van der Waals surface area contributed by atoms with E-state index >= 15 is 0 Å². The van der Waals surface area contributed by atoms with Gasteiger partial charge in [0, 0.05) is 13.2 Å². The van der Waals surface area contributed by atoms with Gasteiger partial charge in [-0.25, -0.2) is 4.98 Å². The lowest BCUT2D eigenvalue weighted by Gasteiger charge is -2.12. The molecular weight excluding hydrogens is 265 g/mol. The van der Waals surface area contributed by atoms with Crippen LogP contribution < -0.4 is 5.73 Å². The molecule has 0 radical (unpaired) electrons. The zero-order chi connectivity index (χ0) is 13.8. The van der Waals surface area contributed by atoms with Crippen LogP contribution in [0.3, 0.4) is 0 Å². The smallest absolute Gasteiger partial charge is 0.371 e. The fourth-order valence-electron chi connectivity index (χ4n) is 1.61. The van der Waals surface area contributed by atoms with Crippen molar-refractivity contribution in [2.45, 2.75) is 45.5 Å². The second-order valence-electron chi connectivity index (χ2n) is 3.76. The number of hydrogen-bond donors (Lipinski definition) is 1. The van der Waals surface area contributed by atoms with Crippen molar-refractivity contribution in [1.29, 1.82) is 0 Å². The minimum Gasteiger partial charge on any atom is -0.371 e. The third-order valence-corrected chi connectivity index (χ3v) is 3.53. The van der Waals surface area contributed by atoms with Gasteiger partial charge < -0.3 is 10.5 Å². The molecule has 0 bridgehead atoms. The van der Waals surface area contributed by atoms with Gasteiger partial charge in [-0.2, -0.15) is 13.2 Å². The van der Waals surface area contributed by atoms with Crippen molar-refractivity contribution in [3.63, 3.8) is 0 Å². The summed E-state index contributed by atoms with van der Waals surface area (Å²) in [7, 11) is 0. The number of halogens is 3. The van der Waals surface area contributed by atoms with E-state index in [1.165, 1.54) is 0 Å². The van der Waals surface area contributed by atoms with Crippen LogP contribution in [0.4, 0.5) is 13.2 Å². The molecule has 1 rings (SSSR count). The van der Waals surface area contributed by atoms with Gasteiger partial charge in [-0.3, -0.25) is 0 Å². The quantitative estimate of drug-likeness (QED) is 0.868. The van der Waals surface area contributed by atoms with Gasteiger partial charge in [-0.05, 0) is 13.3 Å². The Hall–Kier alpha value is -0.660. The van der Waals surface area contributed by atoms with Gasteiger partial charge in [-0.15, -0.1) is 11.3 Å². The second-order valence-corrected chi connectivity index (χ2v) is 4.87. The number of hydrogen-bond acceptors (Lipinski definition) is 4. The lowest BCUT2D eigenvalue weighted by atomic mass is 10.2. The van der Waals surface area contributed by atoms with E-state index in [1.807, 2.05) is 13.8 Å². The van der Waals surface area contributed by atoms with E-state index in [9.17, 15) is 13.2 Å². The van der Waals surface area contributed by atoms with Crippen LogP contribution in [-0.4, -0.2) is 11.6 Å². The van der Waals surface area contributed by atoms with Crippen molar-refractivity contribution in [3.05, 3.63) is 15.6 Å². The fraction of sp³-hybridized carbons (Fsp3) is 0.727. The molecule has 0 aromatic carbocycles. The third-order valence-electron chi connectivity index (χ3n) is 2.36. The number of aromatic nitrogens is 1. The normalized spacial score (nSPS) is 13.9. The molecule has 2 N–H and O–H groups in total. The highest BCUT2D eigenvalue weighted by molar-refractivity contribution is 7.11. The average Bonchev–Trinajstić information content (AvgIpc) is 2.72. The van der Waals surface area contributed by atoms with Gasteiger partial charge in [0.1, 0.15) is 11.1 Å². The molecular formula is C11H17F3N2OS. The van der Waals surface area contributed by atoms with Gasteiger partial charge in [0.2, 0.25) is 0 Å². The standard InChI is InChI=1S/C11H17F3N2OS/c1-3-5-7(17-4-2)10-16-9(11(12,13)14)8(6-15)18-10/h7H,3-6,15H2,1-2H3. The zero-order valence-electron chi connectivity index (χ0n) is 10.4. The van der Waals surface area contributed by atoms with Crippen molar-refractivity contribution >= 4 is 11.3 Å². The Morgan fingerprint density at radius 2 is 2.06 bits per heavy atom. The Balaban J connectivity index is 3.05. The van der Waals surface area contributed by atoms with E-state index < -0.39 is 11.9 Å². The molecule has 3 nitrogen and oxygen atoms in total. The topological polar surface area (TPSA) is 48.1 Å². The molecule has 104 valence electrons. The van der Waals surface area contributed by atoms with Crippen molar-refractivity contribution in [1.82, 2.24) is 4.98 Å². The molecule has 1 atom stereocenters. The first kappa shape index (κ1) is 15.4. The summed E-state index contributed by atoms with van der Waals surface area (Å²) in [5.74, 6) is 0. The van der Waals surface area contributed by atoms with Crippen LogP contribution >= 0.6 is 11.3 Å². The second kappa shape index (κ2) is 6.49. The monoisotopic (exact) mass is 282 g/mol. The van der Waals surface area contributed by atoms with Crippen LogP contribution in [0.5, 0.6) is 0 Å². The predicted molar refractivity (Wildman–Crippen MR) is 64.3 cm³/mol. The molecule has 0 aliphatic heterocycles. The molecule has 1 unspecified atom stereocenters. The van der Waals surface area contributed by atoms with Crippen molar-refractivity contribution in [2.75, 3.05) is 6.61 Å². The van der Waals surface area contributed by atoms with Crippen molar-refractivity contribution < 1.29 is 17.9 Å². The van der Waals surface area contributed by atoms with Crippen LogP contribution in [0, 0.1) is 0 Å². The van der Waals surface area contributed by atoms with Crippen LogP contribution in [-0.2, 0) is 17.5 Å². The molecule has 0 saturated heterocycles. The Morgan fingerprint density at radius 1 is 1.39 bits per heavy atom. The summed E-state index contributed by atoms with van der Waals surface area (Å²) in [5.41, 5.74) is 4.47. The van der Waals surface area contributed by atoms with E-state index in [-0.39, 0.29) is 17.5 Å². The molecule has 0 fully saturated rings. The number of thiazole rings is 1. The molecule has 18 heavy (non-hydrogen) atoms. The first-order chi connectivity index (χ1) is 8.43. The van der Waals surface area contributed by atoms with Gasteiger partial charge in [-0.1, -0.05) is 13.3 Å². The SMILES string of the molecule is CCCC(OCC)c1nc(C(F)(F)F)c(CN)s1. The highest BCUT2D eigenvalue weighted by atomic mass is 32.1. The Bertz CT molecular complexity index is 373. The highest BCUT2D eigenvalue weighted by Gasteiger charge is 2.37. The minimum absolute atomic E-state index is 0.0679. The fourth-order valence-corrected chi connectivity index (χ4v) is 2.66. The lowest BCUT2D eigenvalue weighted by molar-refractivity contribution is -0.141. The number of rotatable bonds is 6. The number of nitrogens with two attached hydrogens (primary N) is 1. The van der Waals surface area contributed by atoms with Crippen molar-refractivity contribution in [3.8, 4) is 0 Å². The lowest BCUT2D eigenvalue weighted by Crippen LogP contribution is -2.11. The summed E-state index contributed by atoms with van der Waals surface area (Å²) in [5, 5.41) is 0.367. The summed E-state index contributed by atoms with van der Waals surface area (Å²) < 4.78 is 43.6. The molecule has 1 aromatic rings. The predicted octanol–water partition coefficient (Wildman–Crippen LogP) is 3.50. The van der Waals surface area contributed by atoms with Crippen LogP contribution in [0.1, 0.15) is 48.4 Å². The summed E-state index contributed by atoms with van der Waals surface area (Å²) in [6.45, 7) is 4.06. The Kier molecular flexibility index (Phi) is 5.55. The molecule has 0 amide bonds. The van der Waals surface area contributed by atoms with Gasteiger partial charge in [0.05, 0.1) is 4.88 Å². The van der Waals surface area contributed by atoms with E-state index in [0.717, 1.165) is 17.8 Å². The number of alkyl halides is 3. The van der Waals surface area contributed by atoms with Gasteiger partial charge in [0.15, 0.2) is 5.69 Å². The van der Waals surface area contributed by atoms with Crippen LogP contribution in [0.2, 0.25) is 0 Å². The first-order valence-corrected chi connectivity index (χ1v) is 6.64. The van der Waals surface area contributed by atoms with Gasteiger partial charge >= 0.3 is 6.18 Å². The first-order valence-electron chi connectivity index (χ1n) is 5.82. The summed E-state index contributed by atoms with van der Waals surface area (Å²) in [4.78, 5) is 3.75. The molecule has 0 aliphatic carbocycles. The summed E-state index contributed by atoms with van der Waals surface area (Å²) in [6, 6.07) is 0. The van der Waals surface area contributed by atoms with E-state index in [4.69, 9.17) is 10.5 Å². The Morgan fingerprint density at radius 3 is 2.44 bits per heavy atom. The van der Waals surface area contributed by atoms with E-state index in [2.05, 4.69) is 4.98 Å². The van der Waals surface area contributed by atoms with E-state index in [1.54, 1.807) is 0 Å². The summed E-state index contributed by atoms with van der Waals surface area (Å²) in [6.07, 6.45) is -3.34. The van der Waals surface area contributed by atoms with Crippen LogP contribution in [0.15, 0.2) is 0 Å². The number of nitrogens with zero attached hydrogens (tertiary/aromatic N) is 1. The molecule has 1 heterocycles. The van der Waals surface area contributed by atoms with E-state index in [0.29, 0.717) is 18.0 Å². The minimum atomic E-state index is -4.45. The third kappa shape index (κ3) is 3.66. The molecule has 7 heteroatoms. The maximum Gasteiger partial charge on any atom is 0.434 e. The van der Waals surface area contributed by atoms with Crippen LogP contribution in [0.25, 0.3) is 0 Å². The average molecular weight is 282 g/mol.